The van der Waals surface area contributed by atoms with Crippen LogP contribution < -0.4 is 22.1 Å². The number of nitrogens with two attached hydrogens (primary N) is 2. The summed E-state index contributed by atoms with van der Waals surface area (Å²) in [5, 5.41) is 5.00. The molecule has 0 aliphatic carbocycles. The Morgan fingerprint density at radius 3 is 2.17 bits per heavy atom. The van der Waals surface area contributed by atoms with Gasteiger partial charge in [0, 0.05) is 5.69 Å². The van der Waals surface area contributed by atoms with E-state index in [0.717, 1.165) is 0 Å². The predicted octanol–water partition coefficient (Wildman–Crippen LogP) is 0.680. The molecule has 0 unspecified atom stereocenters. The lowest BCUT2D eigenvalue weighted by Gasteiger charge is -2.06. The Balaban J connectivity index is 2.03. The number of carbonyl (C=O) groups is 1. The fourth-order valence-electron chi connectivity index (χ4n) is 1.25. The third-order valence-electron chi connectivity index (χ3n) is 1.93. The summed E-state index contributed by atoms with van der Waals surface area (Å²) in [5.74, 6) is -0.122. The second kappa shape index (κ2) is 4.95. The number of urea groups is 1. The van der Waals surface area contributed by atoms with Gasteiger partial charge in [-0.15, -0.1) is 0 Å². The third-order valence-corrected chi connectivity index (χ3v) is 1.93. The quantitative estimate of drug-likeness (QED) is 0.615. The fraction of sp³-hybridized carbons (Fsp3) is 0. The highest BCUT2D eigenvalue weighted by Gasteiger charge is 2.06. The topological polar surface area (TPSA) is 132 Å². The van der Waals surface area contributed by atoms with Crippen molar-refractivity contribution in [2.24, 2.45) is 0 Å². The van der Waals surface area contributed by atoms with Gasteiger partial charge >= 0.3 is 6.03 Å². The molecule has 18 heavy (non-hydrogen) atoms. The first-order chi connectivity index (χ1) is 8.63. The van der Waals surface area contributed by atoms with Crippen LogP contribution in [0.1, 0.15) is 0 Å². The first-order valence-corrected chi connectivity index (χ1v) is 5.03. The first-order valence-electron chi connectivity index (χ1n) is 5.03. The Kier molecular flexibility index (Phi) is 3.19. The number of amides is 2. The number of anilines is 4. The van der Waals surface area contributed by atoms with Crippen LogP contribution in [0, 0.1) is 0 Å². The van der Waals surface area contributed by atoms with Gasteiger partial charge in [0.15, 0.2) is 0 Å². The highest BCUT2D eigenvalue weighted by Crippen LogP contribution is 2.07. The van der Waals surface area contributed by atoms with Crippen molar-refractivity contribution in [3.8, 4) is 0 Å². The van der Waals surface area contributed by atoms with Crippen molar-refractivity contribution in [1.82, 2.24) is 15.0 Å². The Morgan fingerprint density at radius 1 is 0.944 bits per heavy atom. The molecule has 0 aliphatic heterocycles. The van der Waals surface area contributed by atoms with Gasteiger partial charge in [-0.25, -0.2) is 4.79 Å². The van der Waals surface area contributed by atoms with Crippen LogP contribution in [0.25, 0.3) is 0 Å². The maximum Gasteiger partial charge on any atom is 0.326 e. The summed E-state index contributed by atoms with van der Waals surface area (Å²) in [6, 6.07) is 8.44. The summed E-state index contributed by atoms with van der Waals surface area (Å²) in [7, 11) is 0. The Morgan fingerprint density at radius 2 is 1.56 bits per heavy atom. The van der Waals surface area contributed by atoms with Gasteiger partial charge in [-0.3, -0.25) is 5.32 Å². The number of rotatable bonds is 2. The van der Waals surface area contributed by atoms with Crippen molar-refractivity contribution in [2.45, 2.75) is 0 Å². The lowest BCUT2D eigenvalue weighted by atomic mass is 10.3. The van der Waals surface area contributed by atoms with Gasteiger partial charge in [-0.2, -0.15) is 15.0 Å². The third kappa shape index (κ3) is 3.04. The lowest BCUT2D eigenvalue weighted by Crippen LogP contribution is -2.21. The van der Waals surface area contributed by atoms with Gasteiger partial charge in [0.1, 0.15) is 0 Å². The molecule has 1 aromatic heterocycles. The van der Waals surface area contributed by atoms with E-state index in [9.17, 15) is 4.79 Å². The molecule has 0 atom stereocenters. The van der Waals surface area contributed by atoms with Crippen LogP contribution >= 0.6 is 0 Å². The van der Waals surface area contributed by atoms with Crippen molar-refractivity contribution in [1.29, 1.82) is 0 Å². The van der Waals surface area contributed by atoms with Gasteiger partial charge < -0.3 is 16.8 Å². The second-order valence-corrected chi connectivity index (χ2v) is 3.32. The summed E-state index contributed by atoms with van der Waals surface area (Å²) < 4.78 is 0. The summed E-state index contributed by atoms with van der Waals surface area (Å²) in [5.41, 5.74) is 11.4. The van der Waals surface area contributed by atoms with Crippen molar-refractivity contribution in [3.63, 3.8) is 0 Å². The highest BCUT2D eigenvalue weighted by molar-refractivity contribution is 5.98. The van der Waals surface area contributed by atoms with Gasteiger partial charge in [-0.1, -0.05) is 18.2 Å². The van der Waals surface area contributed by atoms with Crippen LogP contribution in [-0.4, -0.2) is 21.0 Å². The normalized spacial score (nSPS) is 9.78. The monoisotopic (exact) mass is 245 g/mol. The molecule has 0 bridgehead atoms. The molecule has 92 valence electrons. The molecule has 0 saturated carbocycles. The molecule has 6 N–H and O–H groups in total. The number of hydrogen-bond donors (Lipinski definition) is 4. The molecular formula is C10H11N7O. The molecule has 0 radical (unpaired) electrons. The predicted molar refractivity (Wildman–Crippen MR) is 67.7 cm³/mol. The molecule has 0 aliphatic rings. The Hall–Kier alpha value is -2.90. The highest BCUT2D eigenvalue weighted by atomic mass is 16.2. The maximum atomic E-state index is 11.6. The summed E-state index contributed by atoms with van der Waals surface area (Å²) >= 11 is 0. The van der Waals surface area contributed by atoms with Gasteiger partial charge in [-0.05, 0) is 12.1 Å². The minimum absolute atomic E-state index is 0.00608. The fourth-order valence-corrected chi connectivity index (χ4v) is 1.25. The molecule has 1 heterocycles. The summed E-state index contributed by atoms with van der Waals surface area (Å²) in [4.78, 5) is 22.6. The lowest BCUT2D eigenvalue weighted by molar-refractivity contribution is 0.262. The molecular weight excluding hydrogens is 234 g/mol. The molecule has 2 rings (SSSR count). The van der Waals surface area contributed by atoms with E-state index in [0.29, 0.717) is 5.69 Å². The van der Waals surface area contributed by atoms with E-state index in [1.807, 2.05) is 6.07 Å². The minimum Gasteiger partial charge on any atom is -0.368 e. The zero-order chi connectivity index (χ0) is 13.0. The van der Waals surface area contributed by atoms with Crippen LogP contribution in [0.5, 0.6) is 0 Å². The summed E-state index contributed by atoms with van der Waals surface area (Å²) in [6.45, 7) is 0. The van der Waals surface area contributed by atoms with Crippen LogP contribution in [0.3, 0.4) is 0 Å². The van der Waals surface area contributed by atoms with Gasteiger partial charge in [0.2, 0.25) is 17.8 Å². The van der Waals surface area contributed by atoms with Gasteiger partial charge in [0.05, 0.1) is 0 Å². The number of nitrogens with one attached hydrogen (secondary N) is 2. The molecule has 0 spiro atoms. The van der Waals surface area contributed by atoms with Gasteiger partial charge in [0.25, 0.3) is 0 Å². The largest absolute Gasteiger partial charge is 0.368 e. The molecule has 2 aromatic rings. The van der Waals surface area contributed by atoms with Crippen molar-refractivity contribution in [2.75, 3.05) is 22.1 Å². The smallest absolute Gasteiger partial charge is 0.326 e. The molecule has 8 nitrogen and oxygen atoms in total. The molecule has 8 heteroatoms. The number of nitrogens with zero attached hydrogens (tertiary/aromatic N) is 3. The minimum atomic E-state index is -0.494. The number of carbonyl (C=O) groups excluding carboxylic acids is 1. The van der Waals surface area contributed by atoms with Crippen LogP contribution in [0.2, 0.25) is 0 Å². The number of aromatic nitrogens is 3. The first kappa shape index (κ1) is 11.6. The SMILES string of the molecule is Nc1nc(N)nc(NC(=O)Nc2ccccc2)n1. The number of para-hydroxylation sites is 1. The van der Waals surface area contributed by atoms with Crippen molar-refractivity contribution in [3.05, 3.63) is 30.3 Å². The number of hydrogen-bond acceptors (Lipinski definition) is 6. The van der Waals surface area contributed by atoms with E-state index in [2.05, 4.69) is 25.6 Å². The van der Waals surface area contributed by atoms with Crippen molar-refractivity contribution < 1.29 is 4.79 Å². The Bertz CT molecular complexity index is 537. The maximum absolute atomic E-state index is 11.6. The van der Waals surface area contributed by atoms with E-state index >= 15 is 0 Å². The zero-order valence-corrected chi connectivity index (χ0v) is 9.29. The Labute approximate surface area is 102 Å². The average Bonchev–Trinajstić information content (AvgIpc) is 2.28. The van der Waals surface area contributed by atoms with E-state index in [1.165, 1.54) is 0 Å². The van der Waals surface area contributed by atoms with Crippen LogP contribution in [0.4, 0.5) is 28.3 Å². The number of benzene rings is 1. The van der Waals surface area contributed by atoms with Crippen molar-refractivity contribution >= 4 is 29.6 Å². The molecule has 0 saturated heterocycles. The van der Waals surface area contributed by atoms with E-state index in [1.54, 1.807) is 24.3 Å². The zero-order valence-electron chi connectivity index (χ0n) is 9.29. The summed E-state index contributed by atoms with van der Waals surface area (Å²) in [6.07, 6.45) is 0. The van der Waals surface area contributed by atoms with Crippen LogP contribution in [0.15, 0.2) is 30.3 Å². The van der Waals surface area contributed by atoms with E-state index < -0.39 is 6.03 Å². The molecule has 1 aromatic carbocycles. The van der Waals surface area contributed by atoms with E-state index in [4.69, 9.17) is 11.5 Å². The average molecular weight is 245 g/mol. The van der Waals surface area contributed by atoms with E-state index in [-0.39, 0.29) is 17.8 Å². The molecule has 0 fully saturated rings. The molecule has 2 amide bonds. The number of nitrogen functional groups attached to an aromatic ring is 2. The standard InChI is InChI=1S/C10H11N7O/c11-7-14-8(12)16-9(15-7)17-10(18)13-6-4-2-1-3-5-6/h1-5H,(H6,11,12,13,14,15,16,17,18). The second-order valence-electron chi connectivity index (χ2n) is 3.32. The van der Waals surface area contributed by atoms with Crippen LogP contribution in [-0.2, 0) is 0 Å².